The summed E-state index contributed by atoms with van der Waals surface area (Å²) >= 11 is 0. The Hall–Kier alpha value is -2.05. The Morgan fingerprint density at radius 2 is 2.17 bits per heavy atom. The van der Waals surface area contributed by atoms with Gasteiger partial charge < -0.3 is 19.9 Å². The highest BCUT2D eigenvalue weighted by Crippen LogP contribution is 2.33. The number of aromatic nitrogens is 2. The topological polar surface area (TPSA) is 68.5 Å². The summed E-state index contributed by atoms with van der Waals surface area (Å²) in [7, 11) is 1.84. The Morgan fingerprint density at radius 1 is 1.35 bits per heavy atom. The number of rotatable bonds is 5. The van der Waals surface area contributed by atoms with Crippen LogP contribution in [-0.4, -0.2) is 34.6 Å². The molecule has 1 unspecified atom stereocenters. The number of ether oxygens (including phenoxy) is 2. The van der Waals surface area contributed by atoms with Gasteiger partial charge in [0.15, 0.2) is 11.5 Å². The number of nitrogens with zero attached hydrogens (tertiary/aromatic N) is 2. The van der Waals surface area contributed by atoms with Crippen LogP contribution in [0, 0.1) is 0 Å². The van der Waals surface area contributed by atoms with Crippen LogP contribution >= 0.6 is 0 Å². The number of fused-ring (bicyclic) bond motifs is 1. The fourth-order valence-electron chi connectivity index (χ4n) is 2.64. The monoisotopic (exact) mass is 317 g/mol. The number of aryl methyl sites for hydroxylation is 1. The average molecular weight is 317 g/mol. The molecular formula is C17H23N3O3. The summed E-state index contributed by atoms with van der Waals surface area (Å²) in [6.07, 6.45) is 4.40. The van der Waals surface area contributed by atoms with Crippen molar-refractivity contribution >= 4 is 0 Å². The van der Waals surface area contributed by atoms with Crippen molar-refractivity contribution < 1.29 is 14.6 Å². The summed E-state index contributed by atoms with van der Waals surface area (Å²) in [5.74, 6) is 1.60. The molecule has 124 valence electrons. The van der Waals surface area contributed by atoms with Gasteiger partial charge in [-0.1, -0.05) is 12.1 Å². The molecule has 0 radical (unpaired) electrons. The average Bonchev–Trinajstić information content (AvgIpc) is 2.82. The van der Waals surface area contributed by atoms with Gasteiger partial charge in [0.2, 0.25) is 0 Å². The summed E-state index contributed by atoms with van der Waals surface area (Å²) in [6, 6.07) is 5.90. The van der Waals surface area contributed by atoms with Gasteiger partial charge in [-0.05, 0) is 13.0 Å². The third kappa shape index (κ3) is 3.65. The largest absolute Gasteiger partial charge is 0.490 e. The molecule has 23 heavy (non-hydrogen) atoms. The van der Waals surface area contributed by atoms with Crippen LogP contribution in [0.1, 0.15) is 24.5 Å². The van der Waals surface area contributed by atoms with E-state index in [1.165, 1.54) is 0 Å². The molecule has 2 N–H and O–H groups in total. The second-order valence-electron chi connectivity index (χ2n) is 6.07. The highest BCUT2D eigenvalue weighted by molar-refractivity contribution is 5.47. The summed E-state index contributed by atoms with van der Waals surface area (Å²) in [6.45, 7) is 4.14. The molecule has 1 aromatic heterocycles. The van der Waals surface area contributed by atoms with Crippen molar-refractivity contribution in [2.45, 2.75) is 25.5 Å². The lowest BCUT2D eigenvalue weighted by atomic mass is 9.99. The van der Waals surface area contributed by atoms with E-state index in [0.717, 1.165) is 29.0 Å². The van der Waals surface area contributed by atoms with E-state index < -0.39 is 5.60 Å². The highest BCUT2D eigenvalue weighted by atomic mass is 16.5. The minimum Gasteiger partial charge on any atom is -0.490 e. The lowest BCUT2D eigenvalue weighted by Gasteiger charge is -2.23. The van der Waals surface area contributed by atoms with Crippen molar-refractivity contribution in [3.05, 3.63) is 41.7 Å². The SMILES string of the molecule is Cn1cc(C(C)(O)CNCc2cccc3c2OCCCO3)cn1. The van der Waals surface area contributed by atoms with E-state index in [2.05, 4.69) is 10.4 Å². The summed E-state index contributed by atoms with van der Waals surface area (Å²) < 4.78 is 13.2. The molecule has 1 aliphatic heterocycles. The molecule has 0 bridgehead atoms. The van der Waals surface area contributed by atoms with E-state index >= 15 is 0 Å². The van der Waals surface area contributed by atoms with Gasteiger partial charge >= 0.3 is 0 Å². The lowest BCUT2D eigenvalue weighted by Crippen LogP contribution is -2.35. The third-order valence-corrected chi connectivity index (χ3v) is 3.96. The van der Waals surface area contributed by atoms with E-state index in [0.29, 0.717) is 26.3 Å². The standard InChI is InChI=1S/C17H23N3O3/c1-17(21,14-10-19-20(2)11-14)12-18-9-13-5-3-6-15-16(13)23-8-4-7-22-15/h3,5-6,10-11,18,21H,4,7-9,12H2,1-2H3. The first-order chi connectivity index (χ1) is 11.1. The van der Waals surface area contributed by atoms with Gasteiger partial charge in [0, 0.05) is 43.9 Å². The second kappa shape index (κ2) is 6.60. The van der Waals surface area contributed by atoms with Gasteiger partial charge in [-0.2, -0.15) is 5.10 Å². The minimum atomic E-state index is -0.975. The first-order valence-corrected chi connectivity index (χ1v) is 7.86. The summed E-state index contributed by atoms with van der Waals surface area (Å²) in [4.78, 5) is 0. The molecular weight excluding hydrogens is 294 g/mol. The fraction of sp³-hybridized carbons (Fsp3) is 0.471. The molecule has 0 fully saturated rings. The predicted molar refractivity (Wildman–Crippen MR) is 86.5 cm³/mol. The van der Waals surface area contributed by atoms with Crippen molar-refractivity contribution in [3.8, 4) is 11.5 Å². The molecule has 6 nitrogen and oxygen atoms in total. The van der Waals surface area contributed by atoms with Crippen LogP contribution in [0.2, 0.25) is 0 Å². The Labute approximate surface area is 136 Å². The Kier molecular flexibility index (Phi) is 4.54. The van der Waals surface area contributed by atoms with Gasteiger partial charge in [0.25, 0.3) is 0 Å². The van der Waals surface area contributed by atoms with E-state index in [1.54, 1.807) is 17.8 Å². The molecule has 2 heterocycles. The smallest absolute Gasteiger partial charge is 0.165 e. The molecule has 0 spiro atoms. The fourth-order valence-corrected chi connectivity index (χ4v) is 2.64. The Morgan fingerprint density at radius 3 is 2.96 bits per heavy atom. The van der Waals surface area contributed by atoms with E-state index in [1.807, 2.05) is 31.4 Å². The van der Waals surface area contributed by atoms with Crippen LogP contribution in [0.25, 0.3) is 0 Å². The Bertz CT molecular complexity index is 667. The molecule has 0 aliphatic carbocycles. The van der Waals surface area contributed by atoms with Crippen molar-refractivity contribution in [1.29, 1.82) is 0 Å². The van der Waals surface area contributed by atoms with E-state index in [-0.39, 0.29) is 0 Å². The molecule has 6 heteroatoms. The number of hydrogen-bond donors (Lipinski definition) is 2. The van der Waals surface area contributed by atoms with Crippen LogP contribution < -0.4 is 14.8 Å². The molecule has 0 amide bonds. The van der Waals surface area contributed by atoms with E-state index in [4.69, 9.17) is 9.47 Å². The molecule has 1 aliphatic rings. The van der Waals surface area contributed by atoms with Crippen LogP contribution in [0.15, 0.2) is 30.6 Å². The van der Waals surface area contributed by atoms with Crippen LogP contribution in [0.4, 0.5) is 0 Å². The first-order valence-electron chi connectivity index (χ1n) is 7.86. The maximum atomic E-state index is 10.6. The minimum absolute atomic E-state index is 0.420. The molecule has 1 aromatic carbocycles. The van der Waals surface area contributed by atoms with E-state index in [9.17, 15) is 5.11 Å². The van der Waals surface area contributed by atoms with Gasteiger partial charge in [0.1, 0.15) is 5.60 Å². The van der Waals surface area contributed by atoms with Crippen molar-refractivity contribution in [2.24, 2.45) is 7.05 Å². The van der Waals surface area contributed by atoms with Gasteiger partial charge in [-0.25, -0.2) is 0 Å². The summed E-state index contributed by atoms with van der Waals surface area (Å²) in [5, 5.41) is 18.0. The molecule has 3 rings (SSSR count). The molecule has 1 atom stereocenters. The maximum absolute atomic E-state index is 10.6. The van der Waals surface area contributed by atoms with Gasteiger partial charge in [0.05, 0.1) is 19.4 Å². The zero-order valence-corrected chi connectivity index (χ0v) is 13.6. The molecule has 0 saturated carbocycles. The number of nitrogens with one attached hydrogen (secondary N) is 1. The number of benzene rings is 1. The second-order valence-corrected chi connectivity index (χ2v) is 6.07. The number of aliphatic hydroxyl groups is 1. The lowest BCUT2D eigenvalue weighted by molar-refractivity contribution is 0.0565. The zero-order chi connectivity index (χ0) is 16.3. The van der Waals surface area contributed by atoms with Gasteiger partial charge in [-0.3, -0.25) is 4.68 Å². The van der Waals surface area contributed by atoms with Gasteiger partial charge in [-0.15, -0.1) is 0 Å². The normalized spacial score (nSPS) is 16.7. The first kappa shape index (κ1) is 15.8. The van der Waals surface area contributed by atoms with Crippen LogP contribution in [0.3, 0.4) is 0 Å². The van der Waals surface area contributed by atoms with Crippen LogP contribution in [0.5, 0.6) is 11.5 Å². The predicted octanol–water partition coefficient (Wildman–Crippen LogP) is 1.58. The third-order valence-electron chi connectivity index (χ3n) is 3.96. The number of hydrogen-bond acceptors (Lipinski definition) is 5. The van der Waals surface area contributed by atoms with Crippen molar-refractivity contribution in [2.75, 3.05) is 19.8 Å². The van der Waals surface area contributed by atoms with Crippen molar-refractivity contribution in [3.63, 3.8) is 0 Å². The van der Waals surface area contributed by atoms with Crippen molar-refractivity contribution in [1.82, 2.24) is 15.1 Å². The highest BCUT2D eigenvalue weighted by Gasteiger charge is 2.24. The Balaban J connectivity index is 1.65. The molecule has 2 aromatic rings. The zero-order valence-electron chi connectivity index (χ0n) is 13.6. The summed E-state index contributed by atoms with van der Waals surface area (Å²) in [5.41, 5.74) is 0.850. The number of para-hydroxylation sites is 1. The van der Waals surface area contributed by atoms with Crippen LogP contribution in [-0.2, 0) is 19.2 Å². The quantitative estimate of drug-likeness (QED) is 0.876. The maximum Gasteiger partial charge on any atom is 0.165 e. The molecule has 0 saturated heterocycles.